The Balaban J connectivity index is 2.02. The van der Waals surface area contributed by atoms with Crippen molar-refractivity contribution in [2.75, 3.05) is 13.7 Å². The number of ether oxygens (including phenoxy) is 2. The maximum atomic E-state index is 5.70. The Labute approximate surface area is 117 Å². The van der Waals surface area contributed by atoms with E-state index in [0.29, 0.717) is 24.1 Å². The predicted molar refractivity (Wildman–Crippen MR) is 73.7 cm³/mol. The zero-order chi connectivity index (χ0) is 13.5. The van der Waals surface area contributed by atoms with Gasteiger partial charge < -0.3 is 9.47 Å². The van der Waals surface area contributed by atoms with Crippen molar-refractivity contribution in [2.45, 2.75) is 12.3 Å². The van der Waals surface area contributed by atoms with Gasteiger partial charge in [-0.1, -0.05) is 12.1 Å². The molecule has 0 saturated heterocycles. The maximum absolute atomic E-state index is 5.70. The van der Waals surface area contributed by atoms with Crippen LogP contribution in [-0.4, -0.2) is 23.7 Å². The third-order valence-electron chi connectivity index (χ3n) is 2.54. The van der Waals surface area contributed by atoms with Crippen LogP contribution in [0.3, 0.4) is 0 Å². The van der Waals surface area contributed by atoms with Gasteiger partial charge in [0.2, 0.25) is 5.88 Å². The molecule has 0 aliphatic carbocycles. The van der Waals surface area contributed by atoms with E-state index in [9.17, 15) is 0 Å². The van der Waals surface area contributed by atoms with Crippen LogP contribution in [0.25, 0.3) is 0 Å². The minimum atomic E-state index is 0.320. The molecular weight excluding hydrogens is 264 g/mol. The highest BCUT2D eigenvalue weighted by atomic mass is 35.5. The molecular formula is C14H15ClN2O2. The highest BCUT2D eigenvalue weighted by Gasteiger charge is 2.01. The Morgan fingerprint density at radius 2 is 1.95 bits per heavy atom. The number of benzene rings is 1. The summed E-state index contributed by atoms with van der Waals surface area (Å²) < 4.78 is 10.7. The lowest BCUT2D eigenvalue weighted by molar-refractivity contribution is 0.202. The molecule has 4 nitrogen and oxygen atoms in total. The zero-order valence-corrected chi connectivity index (χ0v) is 11.4. The summed E-state index contributed by atoms with van der Waals surface area (Å²) in [4.78, 5) is 8.24. The van der Waals surface area contributed by atoms with Crippen molar-refractivity contribution in [1.82, 2.24) is 9.97 Å². The van der Waals surface area contributed by atoms with Crippen LogP contribution in [0.2, 0.25) is 0 Å². The average Bonchev–Trinajstić information content (AvgIpc) is 2.47. The smallest absolute Gasteiger partial charge is 0.238 e. The van der Waals surface area contributed by atoms with E-state index in [2.05, 4.69) is 9.97 Å². The minimum absolute atomic E-state index is 0.320. The van der Waals surface area contributed by atoms with Crippen LogP contribution in [0.1, 0.15) is 11.3 Å². The fourth-order valence-electron chi connectivity index (χ4n) is 1.56. The summed E-state index contributed by atoms with van der Waals surface area (Å²) in [5.74, 6) is 1.49. The number of methoxy groups -OCH3 is 1. The molecule has 0 aliphatic heterocycles. The van der Waals surface area contributed by atoms with Crippen molar-refractivity contribution in [3.8, 4) is 11.6 Å². The van der Waals surface area contributed by atoms with Crippen molar-refractivity contribution in [1.29, 1.82) is 0 Å². The number of nitrogens with zero attached hydrogens (tertiary/aromatic N) is 2. The van der Waals surface area contributed by atoms with Gasteiger partial charge in [-0.25, -0.2) is 4.98 Å². The molecule has 0 aliphatic rings. The molecule has 0 N–H and O–H groups in total. The molecule has 0 saturated carbocycles. The summed E-state index contributed by atoms with van der Waals surface area (Å²) >= 11 is 5.70. The summed E-state index contributed by atoms with van der Waals surface area (Å²) in [6.07, 6.45) is 4.07. The van der Waals surface area contributed by atoms with E-state index < -0.39 is 0 Å². The fourth-order valence-corrected chi connectivity index (χ4v) is 1.69. The lowest BCUT2D eigenvalue weighted by Gasteiger charge is -2.06. The second kappa shape index (κ2) is 7.07. The first-order valence-corrected chi connectivity index (χ1v) is 6.48. The number of hydrogen-bond donors (Lipinski definition) is 0. The van der Waals surface area contributed by atoms with Gasteiger partial charge in [-0.15, -0.1) is 11.6 Å². The standard InChI is InChI=1S/C14H15ClN2O2/c1-18-7-6-11-2-4-13(5-3-11)19-14-10-16-9-12(8-15)17-14/h2-5,9-10H,6-8H2,1H3. The van der Waals surface area contributed by atoms with E-state index in [1.54, 1.807) is 19.5 Å². The lowest BCUT2D eigenvalue weighted by Crippen LogP contribution is -1.95. The summed E-state index contributed by atoms with van der Waals surface area (Å²) in [5.41, 5.74) is 1.89. The van der Waals surface area contributed by atoms with Gasteiger partial charge in [0, 0.05) is 13.3 Å². The molecule has 1 aromatic carbocycles. The summed E-state index contributed by atoms with van der Waals surface area (Å²) in [6.45, 7) is 0.712. The van der Waals surface area contributed by atoms with E-state index in [0.717, 1.165) is 12.2 Å². The number of alkyl halides is 1. The van der Waals surface area contributed by atoms with Crippen LogP contribution in [0.15, 0.2) is 36.7 Å². The highest BCUT2D eigenvalue weighted by Crippen LogP contribution is 2.19. The Bertz CT molecular complexity index is 517. The number of aromatic nitrogens is 2. The van der Waals surface area contributed by atoms with E-state index in [-0.39, 0.29) is 0 Å². The van der Waals surface area contributed by atoms with Gasteiger partial charge in [0.15, 0.2) is 0 Å². The van der Waals surface area contributed by atoms with Gasteiger partial charge >= 0.3 is 0 Å². The highest BCUT2D eigenvalue weighted by molar-refractivity contribution is 6.16. The third-order valence-corrected chi connectivity index (χ3v) is 2.81. The maximum Gasteiger partial charge on any atom is 0.238 e. The number of halogens is 1. The molecule has 0 fully saturated rings. The number of hydrogen-bond acceptors (Lipinski definition) is 4. The van der Waals surface area contributed by atoms with Crippen molar-refractivity contribution < 1.29 is 9.47 Å². The SMILES string of the molecule is COCCc1ccc(Oc2cncc(CCl)n2)cc1. The van der Waals surface area contributed by atoms with Gasteiger partial charge in [-0.05, 0) is 24.1 Å². The fraction of sp³-hybridized carbons (Fsp3) is 0.286. The average molecular weight is 279 g/mol. The Kier molecular flexibility index (Phi) is 5.12. The predicted octanol–water partition coefficient (Wildman–Crippen LogP) is 3.20. The molecule has 2 rings (SSSR count). The van der Waals surface area contributed by atoms with Crippen LogP contribution in [0.4, 0.5) is 0 Å². The molecule has 0 spiro atoms. The minimum Gasteiger partial charge on any atom is -0.437 e. The first-order chi connectivity index (χ1) is 9.31. The molecule has 1 heterocycles. The Morgan fingerprint density at radius 1 is 1.16 bits per heavy atom. The lowest BCUT2D eigenvalue weighted by atomic mass is 10.1. The van der Waals surface area contributed by atoms with Crippen molar-refractivity contribution in [3.63, 3.8) is 0 Å². The van der Waals surface area contributed by atoms with Crippen LogP contribution < -0.4 is 4.74 Å². The summed E-state index contributed by atoms with van der Waals surface area (Å²) in [5, 5.41) is 0. The normalized spacial score (nSPS) is 10.4. The molecule has 0 amide bonds. The van der Waals surface area contributed by atoms with Gasteiger partial charge in [0.1, 0.15) is 5.75 Å². The molecule has 2 aromatic rings. The Hall–Kier alpha value is -1.65. The molecule has 1 aromatic heterocycles. The molecule has 0 radical (unpaired) electrons. The van der Waals surface area contributed by atoms with Crippen molar-refractivity contribution in [2.24, 2.45) is 0 Å². The largest absolute Gasteiger partial charge is 0.437 e. The Morgan fingerprint density at radius 3 is 2.63 bits per heavy atom. The van der Waals surface area contributed by atoms with Gasteiger partial charge in [0.05, 0.1) is 24.4 Å². The van der Waals surface area contributed by atoms with E-state index in [1.165, 1.54) is 5.56 Å². The molecule has 0 bridgehead atoms. The molecule has 5 heteroatoms. The molecule has 100 valence electrons. The van der Waals surface area contributed by atoms with Gasteiger partial charge in [0.25, 0.3) is 0 Å². The quantitative estimate of drug-likeness (QED) is 0.761. The molecule has 0 unspecified atom stereocenters. The first kappa shape index (κ1) is 13.8. The van der Waals surface area contributed by atoms with Crippen LogP contribution in [0, 0.1) is 0 Å². The second-order valence-corrected chi connectivity index (χ2v) is 4.24. The summed E-state index contributed by atoms with van der Waals surface area (Å²) in [6, 6.07) is 7.82. The van der Waals surface area contributed by atoms with Gasteiger partial charge in [-0.3, -0.25) is 4.98 Å². The number of rotatable bonds is 6. The van der Waals surface area contributed by atoms with E-state index >= 15 is 0 Å². The monoisotopic (exact) mass is 278 g/mol. The molecule has 0 atom stereocenters. The summed E-state index contributed by atoms with van der Waals surface area (Å²) in [7, 11) is 1.69. The van der Waals surface area contributed by atoms with Crippen molar-refractivity contribution in [3.05, 3.63) is 47.9 Å². The zero-order valence-electron chi connectivity index (χ0n) is 10.7. The van der Waals surface area contributed by atoms with E-state index in [4.69, 9.17) is 21.1 Å². The van der Waals surface area contributed by atoms with Crippen molar-refractivity contribution >= 4 is 11.6 Å². The van der Waals surface area contributed by atoms with Gasteiger partial charge in [-0.2, -0.15) is 0 Å². The van der Waals surface area contributed by atoms with Crippen LogP contribution in [0.5, 0.6) is 11.6 Å². The first-order valence-electron chi connectivity index (χ1n) is 5.94. The topological polar surface area (TPSA) is 44.2 Å². The van der Waals surface area contributed by atoms with Crippen LogP contribution >= 0.6 is 11.6 Å². The van der Waals surface area contributed by atoms with E-state index in [1.807, 2.05) is 24.3 Å². The third kappa shape index (κ3) is 4.19. The van der Waals surface area contributed by atoms with Crippen LogP contribution in [-0.2, 0) is 17.0 Å². The molecule has 19 heavy (non-hydrogen) atoms. The second-order valence-electron chi connectivity index (χ2n) is 3.97.